The first-order chi connectivity index (χ1) is 13.0. The van der Waals surface area contributed by atoms with Crippen molar-refractivity contribution in [1.29, 1.82) is 0 Å². The van der Waals surface area contributed by atoms with Crippen molar-refractivity contribution in [2.45, 2.75) is 38.8 Å². The summed E-state index contributed by atoms with van der Waals surface area (Å²) in [4.78, 5) is 29.6. The Morgan fingerprint density at radius 1 is 1.19 bits per heavy atom. The second-order valence-electron chi connectivity index (χ2n) is 7.08. The summed E-state index contributed by atoms with van der Waals surface area (Å²) in [5.74, 6) is -0.954. The molecule has 6 heteroatoms. The van der Waals surface area contributed by atoms with E-state index in [1.807, 2.05) is 49.1 Å². The van der Waals surface area contributed by atoms with Gasteiger partial charge in [0.1, 0.15) is 0 Å². The van der Waals surface area contributed by atoms with Crippen molar-refractivity contribution in [1.82, 2.24) is 15.2 Å². The number of nitrogens with zero attached hydrogens (tertiary/aromatic N) is 2. The molecule has 2 N–H and O–H groups in total. The molecule has 1 aliphatic carbocycles. The van der Waals surface area contributed by atoms with Crippen LogP contribution in [0.5, 0.6) is 0 Å². The highest BCUT2D eigenvalue weighted by atomic mass is 16.4. The van der Waals surface area contributed by atoms with Crippen LogP contribution in [-0.2, 0) is 4.79 Å². The van der Waals surface area contributed by atoms with Gasteiger partial charge in [-0.1, -0.05) is 36.8 Å². The van der Waals surface area contributed by atoms with Gasteiger partial charge in [0.05, 0.1) is 12.1 Å². The standard InChI is InChI=1S/C21H25N3O3/c1-3-24(13-20(25)26)19-9-18(10-19)23-21(27)17-8-16(11-22-12-17)15-6-4-14(2)5-7-15/h4-8,11-12,18-19H,3,9-10,13H2,1-2H3,(H,23,27)(H,25,26). The van der Waals surface area contributed by atoms with Crippen molar-refractivity contribution in [3.63, 3.8) is 0 Å². The zero-order chi connectivity index (χ0) is 19.4. The maximum atomic E-state index is 12.6. The summed E-state index contributed by atoms with van der Waals surface area (Å²) in [5, 5.41) is 12.0. The minimum atomic E-state index is -0.816. The molecule has 1 heterocycles. The number of nitrogens with one attached hydrogen (secondary N) is 1. The van der Waals surface area contributed by atoms with Gasteiger partial charge in [0.25, 0.3) is 5.91 Å². The van der Waals surface area contributed by atoms with Gasteiger partial charge in [-0.3, -0.25) is 19.5 Å². The van der Waals surface area contributed by atoms with Gasteiger partial charge >= 0.3 is 5.97 Å². The number of rotatable bonds is 7. The van der Waals surface area contributed by atoms with Crippen LogP contribution in [0.2, 0.25) is 0 Å². The van der Waals surface area contributed by atoms with Crippen LogP contribution in [0.4, 0.5) is 0 Å². The van der Waals surface area contributed by atoms with E-state index in [0.29, 0.717) is 12.1 Å². The highest BCUT2D eigenvalue weighted by Crippen LogP contribution is 2.26. The van der Waals surface area contributed by atoms with E-state index in [1.54, 1.807) is 12.4 Å². The van der Waals surface area contributed by atoms with Crippen LogP contribution < -0.4 is 5.32 Å². The topological polar surface area (TPSA) is 82.5 Å². The Labute approximate surface area is 159 Å². The van der Waals surface area contributed by atoms with Gasteiger partial charge in [-0.05, 0) is 37.9 Å². The molecule has 6 nitrogen and oxygen atoms in total. The van der Waals surface area contributed by atoms with Crippen molar-refractivity contribution in [3.8, 4) is 11.1 Å². The van der Waals surface area contributed by atoms with Crippen LogP contribution in [0, 0.1) is 6.92 Å². The lowest BCUT2D eigenvalue weighted by molar-refractivity contribution is -0.139. The molecule has 2 aromatic rings. The average Bonchev–Trinajstić information content (AvgIpc) is 2.63. The number of hydrogen-bond donors (Lipinski definition) is 2. The summed E-state index contributed by atoms with van der Waals surface area (Å²) in [5.41, 5.74) is 3.66. The van der Waals surface area contributed by atoms with Crippen LogP contribution in [0.25, 0.3) is 11.1 Å². The van der Waals surface area contributed by atoms with Crippen molar-refractivity contribution in [2.75, 3.05) is 13.1 Å². The Balaban J connectivity index is 1.59. The first-order valence-electron chi connectivity index (χ1n) is 9.25. The van der Waals surface area contributed by atoms with Gasteiger partial charge in [-0.2, -0.15) is 0 Å². The van der Waals surface area contributed by atoms with E-state index in [9.17, 15) is 9.59 Å². The Bertz CT molecular complexity index is 814. The number of pyridine rings is 1. The fourth-order valence-electron chi connectivity index (χ4n) is 3.41. The lowest BCUT2D eigenvalue weighted by Crippen LogP contribution is -2.54. The maximum absolute atomic E-state index is 12.6. The summed E-state index contributed by atoms with van der Waals surface area (Å²) < 4.78 is 0. The number of carboxylic acid groups (broad SMARTS) is 1. The van der Waals surface area contributed by atoms with Gasteiger partial charge in [-0.25, -0.2) is 0 Å². The second-order valence-corrected chi connectivity index (χ2v) is 7.08. The molecule has 0 radical (unpaired) electrons. The number of benzene rings is 1. The maximum Gasteiger partial charge on any atom is 0.317 e. The van der Waals surface area contributed by atoms with Gasteiger partial charge in [0, 0.05) is 30.0 Å². The van der Waals surface area contributed by atoms with E-state index >= 15 is 0 Å². The van der Waals surface area contributed by atoms with Crippen molar-refractivity contribution < 1.29 is 14.7 Å². The highest BCUT2D eigenvalue weighted by Gasteiger charge is 2.34. The molecule has 1 aliphatic rings. The smallest absolute Gasteiger partial charge is 0.317 e. The first kappa shape index (κ1) is 19.0. The van der Waals surface area contributed by atoms with E-state index in [4.69, 9.17) is 5.11 Å². The normalized spacial score (nSPS) is 18.8. The number of carbonyl (C=O) groups is 2. The molecule has 1 amide bonds. The van der Waals surface area contributed by atoms with Gasteiger partial charge in [0.15, 0.2) is 0 Å². The van der Waals surface area contributed by atoms with E-state index in [0.717, 1.165) is 24.0 Å². The van der Waals surface area contributed by atoms with E-state index in [-0.39, 0.29) is 24.5 Å². The molecule has 142 valence electrons. The lowest BCUT2D eigenvalue weighted by atomic mass is 9.85. The monoisotopic (exact) mass is 367 g/mol. The molecule has 3 rings (SSSR count). The fourth-order valence-corrected chi connectivity index (χ4v) is 3.41. The number of carboxylic acids is 1. The number of likely N-dealkylation sites (N-methyl/N-ethyl adjacent to an activating group) is 1. The summed E-state index contributed by atoms with van der Waals surface area (Å²) in [7, 11) is 0. The van der Waals surface area contributed by atoms with E-state index < -0.39 is 5.97 Å². The quantitative estimate of drug-likeness (QED) is 0.786. The Morgan fingerprint density at radius 3 is 2.52 bits per heavy atom. The number of hydrogen-bond acceptors (Lipinski definition) is 4. The van der Waals surface area contributed by atoms with Crippen LogP contribution >= 0.6 is 0 Å². The predicted molar refractivity (Wildman–Crippen MR) is 104 cm³/mol. The van der Waals surface area contributed by atoms with Gasteiger partial charge < -0.3 is 10.4 Å². The van der Waals surface area contributed by atoms with E-state index in [2.05, 4.69) is 10.3 Å². The molecule has 1 aromatic carbocycles. The molecular weight excluding hydrogens is 342 g/mol. The fraction of sp³-hybridized carbons (Fsp3) is 0.381. The molecule has 0 atom stereocenters. The molecule has 0 unspecified atom stereocenters. The molecule has 1 aromatic heterocycles. The Kier molecular flexibility index (Phi) is 5.86. The molecule has 1 fully saturated rings. The Morgan fingerprint density at radius 2 is 1.89 bits per heavy atom. The van der Waals surface area contributed by atoms with Crippen LogP contribution in [-0.4, -0.2) is 52.0 Å². The SMILES string of the molecule is CCN(CC(=O)O)C1CC(NC(=O)c2cncc(-c3ccc(C)cc3)c2)C1. The van der Waals surface area contributed by atoms with Crippen molar-refractivity contribution in [2.24, 2.45) is 0 Å². The molecule has 27 heavy (non-hydrogen) atoms. The van der Waals surface area contributed by atoms with Crippen LogP contribution in [0.1, 0.15) is 35.7 Å². The third kappa shape index (κ3) is 4.71. The molecule has 0 spiro atoms. The van der Waals surface area contributed by atoms with E-state index in [1.165, 1.54) is 5.56 Å². The highest BCUT2D eigenvalue weighted by molar-refractivity contribution is 5.95. The minimum Gasteiger partial charge on any atom is -0.480 e. The average molecular weight is 367 g/mol. The molecule has 0 saturated heterocycles. The molecule has 0 bridgehead atoms. The van der Waals surface area contributed by atoms with Crippen LogP contribution in [0.15, 0.2) is 42.7 Å². The second kappa shape index (κ2) is 8.31. The number of carbonyl (C=O) groups excluding carboxylic acids is 1. The minimum absolute atomic E-state index is 0.0460. The number of aliphatic carboxylic acids is 1. The third-order valence-corrected chi connectivity index (χ3v) is 5.09. The number of aromatic nitrogens is 1. The predicted octanol–water partition coefficient (Wildman–Crippen LogP) is 2.72. The molecule has 1 saturated carbocycles. The summed E-state index contributed by atoms with van der Waals surface area (Å²) in [6.45, 7) is 4.73. The molecule has 0 aliphatic heterocycles. The van der Waals surface area contributed by atoms with Crippen molar-refractivity contribution in [3.05, 3.63) is 53.9 Å². The first-order valence-corrected chi connectivity index (χ1v) is 9.25. The zero-order valence-corrected chi connectivity index (χ0v) is 15.7. The van der Waals surface area contributed by atoms with Gasteiger partial charge in [-0.15, -0.1) is 0 Å². The lowest BCUT2D eigenvalue weighted by Gasteiger charge is -2.42. The van der Waals surface area contributed by atoms with Gasteiger partial charge in [0.2, 0.25) is 0 Å². The summed E-state index contributed by atoms with van der Waals surface area (Å²) >= 11 is 0. The van der Waals surface area contributed by atoms with Crippen LogP contribution in [0.3, 0.4) is 0 Å². The van der Waals surface area contributed by atoms with Crippen molar-refractivity contribution >= 4 is 11.9 Å². The third-order valence-electron chi connectivity index (χ3n) is 5.09. The summed E-state index contributed by atoms with van der Waals surface area (Å²) in [6.07, 6.45) is 4.88. The number of aryl methyl sites for hydroxylation is 1. The zero-order valence-electron chi connectivity index (χ0n) is 15.7. The summed E-state index contributed by atoms with van der Waals surface area (Å²) in [6, 6.07) is 10.3. The number of amides is 1. The largest absolute Gasteiger partial charge is 0.480 e. The molecular formula is C21H25N3O3. The Hall–Kier alpha value is -2.73.